The number of methoxy groups -OCH3 is 1. The second-order valence-corrected chi connectivity index (χ2v) is 7.19. The molecule has 24 heavy (non-hydrogen) atoms. The van der Waals surface area contributed by atoms with E-state index in [2.05, 4.69) is 41.9 Å². The van der Waals surface area contributed by atoms with Crippen molar-refractivity contribution < 1.29 is 4.74 Å². The molecular formula is C19H16N2OS2. The summed E-state index contributed by atoms with van der Waals surface area (Å²) in [6, 6.07) is 18.6. The number of thioether (sulfide) groups is 1. The average molecular weight is 352 g/mol. The highest BCUT2D eigenvalue weighted by Crippen LogP contribution is 2.36. The van der Waals surface area contributed by atoms with Crippen LogP contribution < -0.4 is 10.1 Å². The molecule has 3 nitrogen and oxygen atoms in total. The first-order chi connectivity index (χ1) is 11.8. The second kappa shape index (κ2) is 6.34. The molecule has 5 heteroatoms. The lowest BCUT2D eigenvalue weighted by atomic mass is 10.1. The van der Waals surface area contributed by atoms with Gasteiger partial charge in [-0.2, -0.15) is 0 Å². The fraction of sp³-hybridized carbons (Fsp3) is 0.105. The van der Waals surface area contributed by atoms with Gasteiger partial charge in [0.15, 0.2) is 5.13 Å². The lowest BCUT2D eigenvalue weighted by Crippen LogP contribution is -1.92. The number of fused-ring (bicyclic) bond motifs is 2. The minimum absolute atomic E-state index is 0.880. The van der Waals surface area contributed by atoms with E-state index in [1.807, 2.05) is 24.3 Å². The molecule has 4 rings (SSSR count). The van der Waals surface area contributed by atoms with Gasteiger partial charge in [-0.3, -0.25) is 0 Å². The number of rotatable bonds is 4. The van der Waals surface area contributed by atoms with Crippen molar-refractivity contribution in [2.75, 3.05) is 18.7 Å². The van der Waals surface area contributed by atoms with Gasteiger partial charge in [-0.15, -0.1) is 11.8 Å². The van der Waals surface area contributed by atoms with Crippen LogP contribution in [0.25, 0.3) is 21.0 Å². The van der Waals surface area contributed by atoms with Crippen molar-refractivity contribution in [2.24, 2.45) is 0 Å². The third kappa shape index (κ3) is 2.60. The van der Waals surface area contributed by atoms with Crippen LogP contribution in [-0.4, -0.2) is 18.3 Å². The maximum atomic E-state index is 5.47. The standard InChI is InChI=1S/C19H16N2OS2/c1-22-15-11-10-14(12-6-3-4-7-13(12)15)20-19-21-18-16(23-2)8-5-9-17(18)24-19/h3-11H,1-2H3,(H,20,21). The SMILES string of the molecule is COc1ccc(Nc2nc3c(SC)cccc3s2)c2ccccc12. The van der Waals surface area contributed by atoms with E-state index in [1.165, 1.54) is 9.60 Å². The Morgan fingerprint density at radius 3 is 2.62 bits per heavy atom. The summed E-state index contributed by atoms with van der Waals surface area (Å²) in [5.74, 6) is 0.880. The molecule has 4 aromatic rings. The Hall–Kier alpha value is -2.24. The Labute approximate surface area is 148 Å². The zero-order valence-electron chi connectivity index (χ0n) is 13.4. The van der Waals surface area contributed by atoms with E-state index in [4.69, 9.17) is 9.72 Å². The van der Waals surface area contributed by atoms with Crippen LogP contribution in [0.1, 0.15) is 0 Å². The van der Waals surface area contributed by atoms with Crippen molar-refractivity contribution in [3.8, 4) is 5.75 Å². The van der Waals surface area contributed by atoms with Crippen molar-refractivity contribution in [1.82, 2.24) is 4.98 Å². The molecule has 1 N–H and O–H groups in total. The number of benzene rings is 3. The first-order valence-electron chi connectivity index (χ1n) is 7.56. The minimum Gasteiger partial charge on any atom is -0.496 e. The Balaban J connectivity index is 1.80. The van der Waals surface area contributed by atoms with Gasteiger partial charge in [0.2, 0.25) is 0 Å². The lowest BCUT2D eigenvalue weighted by molar-refractivity contribution is 0.420. The number of anilines is 2. The monoisotopic (exact) mass is 352 g/mol. The van der Waals surface area contributed by atoms with Crippen LogP contribution in [0.15, 0.2) is 59.5 Å². The number of hydrogen-bond acceptors (Lipinski definition) is 5. The highest BCUT2D eigenvalue weighted by Gasteiger charge is 2.10. The van der Waals surface area contributed by atoms with Crippen molar-refractivity contribution in [1.29, 1.82) is 0 Å². The van der Waals surface area contributed by atoms with Gasteiger partial charge in [-0.05, 0) is 30.5 Å². The summed E-state index contributed by atoms with van der Waals surface area (Å²) in [6.07, 6.45) is 2.08. The van der Waals surface area contributed by atoms with Gasteiger partial charge in [0.1, 0.15) is 5.75 Å². The summed E-state index contributed by atoms with van der Waals surface area (Å²) in [5.41, 5.74) is 2.10. The van der Waals surface area contributed by atoms with Gasteiger partial charge in [0.25, 0.3) is 0 Å². The molecule has 0 saturated carbocycles. The molecule has 0 radical (unpaired) electrons. The first-order valence-corrected chi connectivity index (χ1v) is 9.60. The predicted octanol–water partition coefficient (Wildman–Crippen LogP) is 5.92. The normalized spacial score (nSPS) is 11.1. The fourth-order valence-corrected chi connectivity index (χ4v) is 4.35. The van der Waals surface area contributed by atoms with Gasteiger partial charge >= 0.3 is 0 Å². The number of thiazole rings is 1. The minimum atomic E-state index is 0.880. The van der Waals surface area contributed by atoms with Crippen molar-refractivity contribution in [3.05, 3.63) is 54.6 Å². The molecule has 1 aromatic heterocycles. The summed E-state index contributed by atoms with van der Waals surface area (Å²) in [7, 11) is 1.70. The number of hydrogen-bond donors (Lipinski definition) is 1. The first kappa shape index (κ1) is 15.3. The Morgan fingerprint density at radius 2 is 1.83 bits per heavy atom. The van der Waals surface area contributed by atoms with Crippen LogP contribution in [0.2, 0.25) is 0 Å². The van der Waals surface area contributed by atoms with Gasteiger partial charge in [-0.1, -0.05) is 41.7 Å². The summed E-state index contributed by atoms with van der Waals surface area (Å²) < 4.78 is 6.66. The molecule has 0 aliphatic heterocycles. The summed E-state index contributed by atoms with van der Waals surface area (Å²) in [6.45, 7) is 0. The molecule has 0 saturated heterocycles. The molecule has 0 aliphatic rings. The number of para-hydroxylation sites is 1. The summed E-state index contributed by atoms with van der Waals surface area (Å²) in [5, 5.41) is 6.61. The topological polar surface area (TPSA) is 34.1 Å². The molecule has 0 unspecified atom stereocenters. The Morgan fingerprint density at radius 1 is 1.00 bits per heavy atom. The van der Waals surface area contributed by atoms with E-state index < -0.39 is 0 Å². The highest BCUT2D eigenvalue weighted by molar-refractivity contribution is 7.98. The van der Waals surface area contributed by atoms with Gasteiger partial charge in [0, 0.05) is 21.4 Å². The van der Waals surface area contributed by atoms with E-state index in [-0.39, 0.29) is 0 Å². The van der Waals surface area contributed by atoms with Gasteiger partial charge in [0.05, 0.1) is 17.3 Å². The number of aromatic nitrogens is 1. The maximum absolute atomic E-state index is 5.47. The molecule has 0 amide bonds. The number of nitrogens with one attached hydrogen (secondary N) is 1. The molecular weight excluding hydrogens is 336 g/mol. The molecule has 0 bridgehead atoms. The molecule has 0 spiro atoms. The largest absolute Gasteiger partial charge is 0.496 e. The van der Waals surface area contributed by atoms with Crippen LogP contribution in [0, 0.1) is 0 Å². The molecule has 0 fully saturated rings. The Bertz CT molecular complexity index is 1030. The van der Waals surface area contributed by atoms with Crippen LogP contribution >= 0.6 is 23.1 Å². The second-order valence-electron chi connectivity index (χ2n) is 5.31. The zero-order chi connectivity index (χ0) is 16.5. The van der Waals surface area contributed by atoms with E-state index in [9.17, 15) is 0 Å². The zero-order valence-corrected chi connectivity index (χ0v) is 15.0. The quantitative estimate of drug-likeness (QED) is 0.462. The van der Waals surface area contributed by atoms with E-state index in [1.54, 1.807) is 30.2 Å². The van der Waals surface area contributed by atoms with Crippen molar-refractivity contribution in [2.45, 2.75) is 4.90 Å². The molecule has 120 valence electrons. The van der Waals surface area contributed by atoms with Crippen LogP contribution in [0.5, 0.6) is 5.75 Å². The van der Waals surface area contributed by atoms with Crippen molar-refractivity contribution in [3.63, 3.8) is 0 Å². The molecule has 1 heterocycles. The molecule has 0 atom stereocenters. The lowest BCUT2D eigenvalue weighted by Gasteiger charge is -2.10. The summed E-state index contributed by atoms with van der Waals surface area (Å²) in [4.78, 5) is 5.99. The van der Waals surface area contributed by atoms with Gasteiger partial charge in [-0.25, -0.2) is 4.98 Å². The number of ether oxygens (including phenoxy) is 1. The number of nitrogens with zero attached hydrogens (tertiary/aromatic N) is 1. The molecule has 0 aliphatic carbocycles. The van der Waals surface area contributed by atoms with E-state index in [0.29, 0.717) is 0 Å². The van der Waals surface area contributed by atoms with Crippen LogP contribution in [0.4, 0.5) is 10.8 Å². The van der Waals surface area contributed by atoms with Gasteiger partial charge < -0.3 is 10.1 Å². The predicted molar refractivity (Wildman–Crippen MR) is 105 cm³/mol. The van der Waals surface area contributed by atoms with Crippen LogP contribution in [0.3, 0.4) is 0 Å². The fourth-order valence-electron chi connectivity index (χ4n) is 2.82. The van der Waals surface area contributed by atoms with E-state index >= 15 is 0 Å². The van der Waals surface area contributed by atoms with Crippen molar-refractivity contribution >= 4 is 54.9 Å². The molecule has 3 aromatic carbocycles. The Kier molecular flexibility index (Phi) is 4.04. The average Bonchev–Trinajstić information content (AvgIpc) is 3.04. The van der Waals surface area contributed by atoms with E-state index in [0.717, 1.165) is 32.9 Å². The van der Waals surface area contributed by atoms with Crippen LogP contribution in [-0.2, 0) is 0 Å². The smallest absolute Gasteiger partial charge is 0.188 e. The maximum Gasteiger partial charge on any atom is 0.188 e. The summed E-state index contributed by atoms with van der Waals surface area (Å²) >= 11 is 3.40. The third-order valence-corrected chi connectivity index (χ3v) is 5.65. The highest BCUT2D eigenvalue weighted by atomic mass is 32.2. The third-order valence-electron chi connectivity index (χ3n) is 3.95.